The first-order chi connectivity index (χ1) is 12.7. The first-order valence-electron chi connectivity index (χ1n) is 7.77. The maximum Gasteiger partial charge on any atom is 0.422 e. The van der Waals surface area contributed by atoms with Crippen LogP contribution in [0.1, 0.15) is 17.9 Å². The molecule has 1 aromatic carbocycles. The van der Waals surface area contributed by atoms with Gasteiger partial charge in [-0.3, -0.25) is 9.59 Å². The molecule has 2 amide bonds. The van der Waals surface area contributed by atoms with Crippen LogP contribution in [0.4, 0.5) is 28.9 Å². The summed E-state index contributed by atoms with van der Waals surface area (Å²) in [5.74, 6) is -2.59. The Kier molecular flexibility index (Phi) is 4.98. The highest BCUT2D eigenvalue weighted by molar-refractivity contribution is 6.05. The van der Waals surface area contributed by atoms with E-state index in [1.165, 1.54) is 24.3 Å². The van der Waals surface area contributed by atoms with Gasteiger partial charge in [-0.2, -0.15) is 13.2 Å². The summed E-state index contributed by atoms with van der Waals surface area (Å²) in [5.41, 5.74) is 0.904. The van der Waals surface area contributed by atoms with Crippen molar-refractivity contribution in [2.24, 2.45) is 0 Å². The molecule has 0 fully saturated rings. The fraction of sp³-hybridized carbons (Fsp3) is 0.235. The Morgan fingerprint density at radius 3 is 2.74 bits per heavy atom. The molecule has 6 nitrogen and oxygen atoms in total. The van der Waals surface area contributed by atoms with Gasteiger partial charge in [0.05, 0.1) is 17.8 Å². The average Bonchev–Trinajstić information content (AvgIpc) is 2.59. The summed E-state index contributed by atoms with van der Waals surface area (Å²) in [6, 6.07) is 6.23. The highest BCUT2D eigenvalue weighted by Gasteiger charge is 2.31. The molecule has 142 valence electrons. The molecular formula is C17H13F4N3O3. The fourth-order valence-corrected chi connectivity index (χ4v) is 2.60. The van der Waals surface area contributed by atoms with Crippen molar-refractivity contribution in [3.8, 4) is 5.88 Å². The van der Waals surface area contributed by atoms with Crippen molar-refractivity contribution >= 4 is 23.2 Å². The van der Waals surface area contributed by atoms with Crippen LogP contribution in [0.5, 0.6) is 5.88 Å². The van der Waals surface area contributed by atoms with Gasteiger partial charge >= 0.3 is 6.18 Å². The van der Waals surface area contributed by atoms with Gasteiger partial charge < -0.3 is 15.4 Å². The Balaban J connectivity index is 1.70. The summed E-state index contributed by atoms with van der Waals surface area (Å²) in [6.07, 6.45) is -3.47. The number of alkyl halides is 3. The summed E-state index contributed by atoms with van der Waals surface area (Å²) in [5, 5.41) is 5.04. The lowest BCUT2D eigenvalue weighted by molar-refractivity contribution is -0.154. The Bertz CT molecular complexity index is 869. The molecular weight excluding hydrogens is 370 g/mol. The molecule has 1 aliphatic heterocycles. The van der Waals surface area contributed by atoms with E-state index in [9.17, 15) is 27.2 Å². The number of hydrogen-bond acceptors (Lipinski definition) is 4. The van der Waals surface area contributed by atoms with E-state index in [0.29, 0.717) is 5.56 Å². The van der Waals surface area contributed by atoms with Crippen molar-refractivity contribution in [2.45, 2.75) is 18.5 Å². The Morgan fingerprint density at radius 1 is 1.30 bits per heavy atom. The highest BCUT2D eigenvalue weighted by Crippen LogP contribution is 2.33. The maximum atomic E-state index is 13.3. The van der Waals surface area contributed by atoms with Crippen LogP contribution >= 0.6 is 0 Å². The molecule has 2 aromatic rings. The molecule has 0 aliphatic carbocycles. The Labute approximate surface area is 150 Å². The average molecular weight is 383 g/mol. The van der Waals surface area contributed by atoms with E-state index in [1.807, 2.05) is 0 Å². The summed E-state index contributed by atoms with van der Waals surface area (Å²) in [7, 11) is 0. The quantitative estimate of drug-likeness (QED) is 0.795. The molecule has 2 N–H and O–H groups in total. The lowest BCUT2D eigenvalue weighted by atomic mass is 9.89. The molecule has 1 unspecified atom stereocenters. The highest BCUT2D eigenvalue weighted by atomic mass is 19.4. The molecule has 3 rings (SSSR count). The molecule has 10 heteroatoms. The second kappa shape index (κ2) is 7.22. The van der Waals surface area contributed by atoms with Gasteiger partial charge in [-0.15, -0.1) is 0 Å². The van der Waals surface area contributed by atoms with Gasteiger partial charge in [-0.25, -0.2) is 9.37 Å². The van der Waals surface area contributed by atoms with Crippen molar-refractivity contribution in [2.75, 3.05) is 17.2 Å². The third-order valence-corrected chi connectivity index (χ3v) is 3.76. The number of fused-ring (bicyclic) bond motifs is 1. The largest absolute Gasteiger partial charge is 0.468 e. The van der Waals surface area contributed by atoms with Gasteiger partial charge in [-0.1, -0.05) is 6.07 Å². The minimum absolute atomic E-state index is 0.120. The number of nitrogens with zero attached hydrogens (tertiary/aromatic N) is 1. The number of halogens is 4. The van der Waals surface area contributed by atoms with Crippen LogP contribution in [-0.4, -0.2) is 29.6 Å². The van der Waals surface area contributed by atoms with Crippen LogP contribution in [0, 0.1) is 5.82 Å². The molecule has 1 atom stereocenters. The molecule has 0 radical (unpaired) electrons. The molecule has 2 heterocycles. The second-order valence-corrected chi connectivity index (χ2v) is 5.81. The maximum absolute atomic E-state index is 13.3. The lowest BCUT2D eigenvalue weighted by Gasteiger charge is -2.24. The number of aromatic nitrogens is 1. The molecule has 1 aliphatic rings. The number of carbonyl (C=O) groups excluding carboxylic acids is 2. The normalized spacial score (nSPS) is 16.3. The summed E-state index contributed by atoms with van der Waals surface area (Å²) < 4.78 is 54.1. The third-order valence-electron chi connectivity index (χ3n) is 3.76. The van der Waals surface area contributed by atoms with E-state index < -0.39 is 36.3 Å². The van der Waals surface area contributed by atoms with E-state index in [4.69, 9.17) is 0 Å². The van der Waals surface area contributed by atoms with Crippen molar-refractivity contribution in [1.82, 2.24) is 4.98 Å². The van der Waals surface area contributed by atoms with Crippen LogP contribution < -0.4 is 15.4 Å². The number of pyridine rings is 1. The van der Waals surface area contributed by atoms with E-state index in [-0.39, 0.29) is 23.7 Å². The van der Waals surface area contributed by atoms with Gasteiger partial charge in [0, 0.05) is 18.2 Å². The first-order valence-corrected chi connectivity index (χ1v) is 7.77. The zero-order chi connectivity index (χ0) is 19.6. The number of benzene rings is 1. The van der Waals surface area contributed by atoms with Crippen molar-refractivity contribution < 1.29 is 31.9 Å². The van der Waals surface area contributed by atoms with Gasteiger partial charge in [-0.05, 0) is 23.8 Å². The van der Waals surface area contributed by atoms with Crippen molar-refractivity contribution in [3.05, 3.63) is 47.9 Å². The van der Waals surface area contributed by atoms with E-state index in [0.717, 1.165) is 12.3 Å². The number of hydrogen-bond donors (Lipinski definition) is 2. The predicted octanol–water partition coefficient (Wildman–Crippen LogP) is 3.23. The monoisotopic (exact) mass is 383 g/mol. The lowest BCUT2D eigenvalue weighted by Crippen LogP contribution is -2.30. The fourth-order valence-electron chi connectivity index (χ4n) is 2.60. The number of nitrogens with one attached hydrogen (secondary N) is 2. The molecule has 0 spiro atoms. The SMILES string of the molecule is O=C1CC(C(=O)Nc2ccc(OCC(F)(F)F)nc2)c2ccc(F)cc2N1. The second-order valence-electron chi connectivity index (χ2n) is 5.81. The van der Waals surface area contributed by atoms with Crippen molar-refractivity contribution in [3.63, 3.8) is 0 Å². The van der Waals surface area contributed by atoms with Gasteiger partial charge in [0.2, 0.25) is 17.7 Å². The minimum Gasteiger partial charge on any atom is -0.468 e. The number of anilines is 2. The summed E-state index contributed by atoms with van der Waals surface area (Å²) in [6.45, 7) is -1.48. The molecule has 27 heavy (non-hydrogen) atoms. The van der Waals surface area contributed by atoms with Gasteiger partial charge in [0.1, 0.15) is 5.82 Å². The molecule has 0 saturated heterocycles. The molecule has 0 saturated carbocycles. The van der Waals surface area contributed by atoms with Crippen LogP contribution in [0.15, 0.2) is 36.5 Å². The zero-order valence-corrected chi connectivity index (χ0v) is 13.6. The molecule has 0 bridgehead atoms. The molecule has 1 aromatic heterocycles. The van der Waals surface area contributed by atoms with Gasteiger partial charge in [0.15, 0.2) is 6.61 Å². The van der Waals surface area contributed by atoms with Crippen LogP contribution in [0.3, 0.4) is 0 Å². The third kappa shape index (κ3) is 4.72. The van der Waals surface area contributed by atoms with Crippen LogP contribution in [-0.2, 0) is 9.59 Å². The van der Waals surface area contributed by atoms with E-state index in [2.05, 4.69) is 20.4 Å². The van der Waals surface area contributed by atoms with Crippen LogP contribution in [0.25, 0.3) is 0 Å². The smallest absolute Gasteiger partial charge is 0.422 e. The minimum atomic E-state index is -4.48. The zero-order valence-electron chi connectivity index (χ0n) is 13.6. The topological polar surface area (TPSA) is 80.3 Å². The predicted molar refractivity (Wildman–Crippen MR) is 86.8 cm³/mol. The van der Waals surface area contributed by atoms with Gasteiger partial charge in [0.25, 0.3) is 0 Å². The summed E-state index contributed by atoms with van der Waals surface area (Å²) >= 11 is 0. The first kappa shape index (κ1) is 18.6. The number of rotatable bonds is 4. The van der Waals surface area contributed by atoms with E-state index >= 15 is 0 Å². The van der Waals surface area contributed by atoms with Crippen LogP contribution in [0.2, 0.25) is 0 Å². The number of amides is 2. The number of carbonyl (C=O) groups is 2. The Morgan fingerprint density at radius 2 is 2.07 bits per heavy atom. The standard InChI is InChI=1S/C17H13F4N3O3/c18-9-1-3-11-12(6-14(25)24-13(11)5-9)16(26)23-10-2-4-15(22-7-10)27-8-17(19,20)21/h1-5,7,12H,6,8H2,(H,23,26)(H,24,25). The number of ether oxygens (including phenoxy) is 1. The Hall–Kier alpha value is -3.17. The van der Waals surface area contributed by atoms with E-state index in [1.54, 1.807) is 0 Å². The summed E-state index contributed by atoms with van der Waals surface area (Å²) in [4.78, 5) is 28.0. The van der Waals surface area contributed by atoms with Crippen molar-refractivity contribution in [1.29, 1.82) is 0 Å².